The Bertz CT molecular complexity index is 458. The molecule has 0 bridgehead atoms. The molecule has 0 unspecified atom stereocenters. The second-order valence-corrected chi connectivity index (χ2v) is 5.61. The van der Waals surface area contributed by atoms with Gasteiger partial charge in [-0.15, -0.1) is 0 Å². The van der Waals surface area contributed by atoms with Gasteiger partial charge < -0.3 is 15.7 Å². The molecule has 2 rings (SSSR count). The first-order valence-electron chi connectivity index (χ1n) is 6.53. The van der Waals surface area contributed by atoms with Gasteiger partial charge in [0.2, 0.25) is 0 Å². The molecule has 0 aromatic carbocycles. The third-order valence-corrected chi connectivity index (χ3v) is 3.03. The highest BCUT2D eigenvalue weighted by atomic mass is 16.4. The Labute approximate surface area is 112 Å². The van der Waals surface area contributed by atoms with Crippen molar-refractivity contribution in [2.24, 2.45) is 0 Å². The summed E-state index contributed by atoms with van der Waals surface area (Å²) < 4.78 is 0. The van der Waals surface area contributed by atoms with Gasteiger partial charge >= 0.3 is 5.97 Å². The van der Waals surface area contributed by atoms with Crippen LogP contribution in [0.2, 0.25) is 0 Å². The summed E-state index contributed by atoms with van der Waals surface area (Å²) in [6.45, 7) is 3.93. The molecule has 1 saturated carbocycles. The van der Waals surface area contributed by atoms with Crippen LogP contribution in [-0.4, -0.2) is 32.6 Å². The summed E-state index contributed by atoms with van der Waals surface area (Å²) in [4.78, 5) is 19.0. The van der Waals surface area contributed by atoms with Gasteiger partial charge in [0.1, 0.15) is 18.0 Å². The fraction of sp³-hybridized carbons (Fsp3) is 0.615. The molecule has 6 heteroatoms. The molecule has 0 amide bonds. The van der Waals surface area contributed by atoms with Crippen molar-refractivity contribution in [3.63, 3.8) is 0 Å². The molecule has 1 aliphatic rings. The third kappa shape index (κ3) is 4.73. The molecular formula is C13H20N4O2. The number of hydrogen-bond donors (Lipinski definition) is 3. The van der Waals surface area contributed by atoms with Crippen LogP contribution < -0.4 is 10.6 Å². The van der Waals surface area contributed by atoms with Crippen molar-refractivity contribution in [3.05, 3.63) is 12.4 Å². The molecule has 0 atom stereocenters. The second kappa shape index (κ2) is 5.42. The van der Waals surface area contributed by atoms with E-state index in [-0.39, 0.29) is 12.0 Å². The first kappa shape index (κ1) is 13.6. The zero-order valence-electron chi connectivity index (χ0n) is 11.3. The Kier molecular flexibility index (Phi) is 3.87. The molecule has 0 saturated heterocycles. The normalized spacial score (nSPS) is 15.1. The van der Waals surface area contributed by atoms with Crippen molar-refractivity contribution >= 4 is 17.6 Å². The maximum atomic E-state index is 10.6. The number of aliphatic carboxylic acids is 1. The lowest BCUT2D eigenvalue weighted by Crippen LogP contribution is -2.32. The average molecular weight is 264 g/mol. The van der Waals surface area contributed by atoms with Gasteiger partial charge in [0.05, 0.1) is 0 Å². The molecule has 104 valence electrons. The van der Waals surface area contributed by atoms with Gasteiger partial charge in [0.15, 0.2) is 0 Å². The van der Waals surface area contributed by atoms with E-state index in [0.717, 1.165) is 5.82 Å². The molecule has 3 N–H and O–H groups in total. The Morgan fingerprint density at radius 3 is 2.74 bits per heavy atom. The molecule has 1 fully saturated rings. The largest absolute Gasteiger partial charge is 0.481 e. The number of hydrogen-bond acceptors (Lipinski definition) is 5. The minimum atomic E-state index is -0.784. The van der Waals surface area contributed by atoms with E-state index in [1.165, 1.54) is 19.2 Å². The van der Waals surface area contributed by atoms with Crippen LogP contribution in [-0.2, 0) is 4.79 Å². The van der Waals surface area contributed by atoms with Gasteiger partial charge in [-0.05, 0) is 33.1 Å². The lowest BCUT2D eigenvalue weighted by atomic mass is 9.98. The molecule has 1 aromatic rings. The average Bonchev–Trinajstić information content (AvgIpc) is 3.10. The highest BCUT2D eigenvalue weighted by Gasteiger charge is 2.22. The zero-order chi connectivity index (χ0) is 13.9. The van der Waals surface area contributed by atoms with Gasteiger partial charge in [0.25, 0.3) is 0 Å². The Morgan fingerprint density at radius 1 is 1.42 bits per heavy atom. The van der Waals surface area contributed by atoms with Crippen molar-refractivity contribution in [2.75, 3.05) is 10.6 Å². The molecule has 6 nitrogen and oxygen atoms in total. The summed E-state index contributed by atoms with van der Waals surface area (Å²) in [5.74, 6) is 0.747. The maximum absolute atomic E-state index is 10.6. The van der Waals surface area contributed by atoms with Crippen molar-refractivity contribution < 1.29 is 9.90 Å². The number of anilines is 2. The maximum Gasteiger partial charge on any atom is 0.303 e. The summed E-state index contributed by atoms with van der Waals surface area (Å²) in [5.41, 5.74) is -0.316. The number of carbonyl (C=O) groups is 1. The lowest BCUT2D eigenvalue weighted by Gasteiger charge is -2.26. The van der Waals surface area contributed by atoms with Crippen LogP contribution in [0.5, 0.6) is 0 Å². The second-order valence-electron chi connectivity index (χ2n) is 5.61. The summed E-state index contributed by atoms with van der Waals surface area (Å²) in [5, 5.41) is 15.3. The number of rotatable bonds is 7. The SMILES string of the molecule is CC(C)(CCC(=O)O)Nc1cc(NC2CC2)ncn1. The van der Waals surface area contributed by atoms with E-state index in [1.807, 2.05) is 19.9 Å². The minimum Gasteiger partial charge on any atom is -0.481 e. The first-order chi connectivity index (χ1) is 8.94. The highest BCUT2D eigenvalue weighted by molar-refractivity contribution is 5.66. The van der Waals surface area contributed by atoms with Crippen LogP contribution in [0, 0.1) is 0 Å². The molecule has 19 heavy (non-hydrogen) atoms. The van der Waals surface area contributed by atoms with E-state index in [9.17, 15) is 4.79 Å². The number of nitrogens with one attached hydrogen (secondary N) is 2. The highest BCUT2D eigenvalue weighted by Crippen LogP contribution is 2.25. The first-order valence-corrected chi connectivity index (χ1v) is 6.53. The predicted molar refractivity (Wildman–Crippen MR) is 73.2 cm³/mol. The van der Waals surface area contributed by atoms with Crippen LogP contribution in [0.1, 0.15) is 39.5 Å². The molecule has 1 aliphatic carbocycles. The van der Waals surface area contributed by atoms with E-state index >= 15 is 0 Å². The standard InChI is InChI=1S/C13H20N4O2/c1-13(2,6-5-12(18)19)17-11-7-10(14-8-15-11)16-9-3-4-9/h7-9H,3-6H2,1-2H3,(H,18,19)(H2,14,15,16,17). The number of aromatic nitrogens is 2. The van der Waals surface area contributed by atoms with Crippen molar-refractivity contribution in [1.29, 1.82) is 0 Å². The zero-order valence-corrected chi connectivity index (χ0v) is 11.3. The third-order valence-electron chi connectivity index (χ3n) is 3.03. The quantitative estimate of drug-likeness (QED) is 0.699. The van der Waals surface area contributed by atoms with Crippen molar-refractivity contribution in [1.82, 2.24) is 9.97 Å². The fourth-order valence-electron chi connectivity index (χ4n) is 1.77. The summed E-state index contributed by atoms with van der Waals surface area (Å²) in [6, 6.07) is 2.41. The number of carboxylic acids is 1. The van der Waals surface area contributed by atoms with Gasteiger partial charge in [-0.1, -0.05) is 0 Å². The van der Waals surface area contributed by atoms with Crippen LogP contribution in [0.15, 0.2) is 12.4 Å². The van der Waals surface area contributed by atoms with Crippen LogP contribution in [0.3, 0.4) is 0 Å². The molecule has 0 radical (unpaired) electrons. The van der Waals surface area contributed by atoms with E-state index in [1.54, 1.807) is 0 Å². The Morgan fingerprint density at radius 2 is 2.11 bits per heavy atom. The Hall–Kier alpha value is -1.85. The number of nitrogens with zero attached hydrogens (tertiary/aromatic N) is 2. The van der Waals surface area contributed by atoms with Crippen LogP contribution >= 0.6 is 0 Å². The van der Waals surface area contributed by atoms with E-state index in [4.69, 9.17) is 5.11 Å². The van der Waals surface area contributed by atoms with Crippen molar-refractivity contribution in [3.8, 4) is 0 Å². The topological polar surface area (TPSA) is 87.1 Å². The lowest BCUT2D eigenvalue weighted by molar-refractivity contribution is -0.137. The minimum absolute atomic E-state index is 0.137. The van der Waals surface area contributed by atoms with E-state index in [0.29, 0.717) is 18.3 Å². The molecule has 1 aromatic heterocycles. The van der Waals surface area contributed by atoms with Gasteiger partial charge in [-0.25, -0.2) is 9.97 Å². The monoisotopic (exact) mass is 264 g/mol. The summed E-state index contributed by atoms with van der Waals surface area (Å²) in [7, 11) is 0. The van der Waals surface area contributed by atoms with Gasteiger partial charge in [-0.3, -0.25) is 4.79 Å². The smallest absolute Gasteiger partial charge is 0.303 e. The van der Waals surface area contributed by atoms with E-state index in [2.05, 4.69) is 20.6 Å². The van der Waals surface area contributed by atoms with Crippen LogP contribution in [0.25, 0.3) is 0 Å². The van der Waals surface area contributed by atoms with Crippen LogP contribution in [0.4, 0.5) is 11.6 Å². The molecule has 0 spiro atoms. The molecular weight excluding hydrogens is 244 g/mol. The predicted octanol–water partition coefficient (Wildman–Crippen LogP) is 2.11. The fourth-order valence-corrected chi connectivity index (χ4v) is 1.77. The summed E-state index contributed by atoms with van der Waals surface area (Å²) >= 11 is 0. The Balaban J connectivity index is 1.94. The molecule has 1 heterocycles. The summed E-state index contributed by atoms with van der Waals surface area (Å²) in [6.07, 6.45) is 4.57. The van der Waals surface area contributed by atoms with Gasteiger partial charge in [0, 0.05) is 24.1 Å². The number of carboxylic acid groups (broad SMARTS) is 1. The molecule has 0 aliphatic heterocycles. The van der Waals surface area contributed by atoms with Gasteiger partial charge in [-0.2, -0.15) is 0 Å². The van der Waals surface area contributed by atoms with Crippen molar-refractivity contribution in [2.45, 2.75) is 51.1 Å². The van der Waals surface area contributed by atoms with E-state index < -0.39 is 5.97 Å².